The molecule has 4 rings (SSSR count). The molecule has 1 N–H and O–H groups in total. The van der Waals surface area contributed by atoms with Crippen molar-refractivity contribution < 1.29 is 9.72 Å². The first-order valence-corrected chi connectivity index (χ1v) is 9.31. The minimum Gasteiger partial charge on any atom is -0.322 e. The molecule has 0 spiro atoms. The van der Waals surface area contributed by atoms with E-state index in [0.29, 0.717) is 16.8 Å². The number of nitrogens with zero attached hydrogens (tertiary/aromatic N) is 2. The number of H-pyrrole nitrogens is 1. The van der Waals surface area contributed by atoms with Gasteiger partial charge < -0.3 is 4.98 Å². The Labute approximate surface area is 158 Å². The maximum Gasteiger partial charge on any atom is 0.275 e. The van der Waals surface area contributed by atoms with Gasteiger partial charge in [-0.15, -0.1) is 11.8 Å². The lowest BCUT2D eigenvalue weighted by molar-refractivity contribution is -0.385. The summed E-state index contributed by atoms with van der Waals surface area (Å²) in [4.78, 5) is 39.7. The van der Waals surface area contributed by atoms with Gasteiger partial charge in [0.05, 0.1) is 21.8 Å². The zero-order chi connectivity index (χ0) is 19.1. The molecule has 0 saturated carbocycles. The number of thioether (sulfide) groups is 1. The van der Waals surface area contributed by atoms with Crippen LogP contribution in [0.25, 0.3) is 10.9 Å². The van der Waals surface area contributed by atoms with Gasteiger partial charge >= 0.3 is 0 Å². The molecule has 1 unspecified atom stereocenters. The zero-order valence-corrected chi connectivity index (χ0v) is 15.2. The van der Waals surface area contributed by atoms with Crippen molar-refractivity contribution in [2.45, 2.75) is 12.3 Å². The van der Waals surface area contributed by atoms with Crippen molar-refractivity contribution in [2.75, 3.05) is 10.7 Å². The normalized spacial score (nSPS) is 16.9. The van der Waals surface area contributed by atoms with Gasteiger partial charge in [-0.25, -0.2) is 0 Å². The van der Waals surface area contributed by atoms with E-state index in [9.17, 15) is 19.7 Å². The van der Waals surface area contributed by atoms with Gasteiger partial charge in [0, 0.05) is 23.2 Å². The van der Waals surface area contributed by atoms with Crippen LogP contribution in [0.3, 0.4) is 0 Å². The minimum absolute atomic E-state index is 0.0141. The van der Waals surface area contributed by atoms with Crippen LogP contribution in [0.15, 0.2) is 53.3 Å². The van der Waals surface area contributed by atoms with Crippen LogP contribution in [0.4, 0.5) is 11.4 Å². The molecule has 1 aliphatic heterocycles. The molecule has 1 saturated heterocycles. The lowest BCUT2D eigenvalue weighted by atomic mass is 10.1. The summed E-state index contributed by atoms with van der Waals surface area (Å²) in [6.07, 6.45) is 0. The number of carbonyl (C=O) groups is 1. The third kappa shape index (κ3) is 2.97. The van der Waals surface area contributed by atoms with Gasteiger partial charge in [0.25, 0.3) is 5.69 Å². The monoisotopic (exact) mass is 381 g/mol. The van der Waals surface area contributed by atoms with Gasteiger partial charge in [0.2, 0.25) is 11.5 Å². The standard InChI is InChI=1S/C19H15N3O4S/c1-11-8-17(23)20-15-9-12(6-7-13(11)15)21-18(24)10-27-19(21)14-4-2-3-5-16(14)22(25)26/h2-9,19H,10H2,1H3,(H,20,23). The van der Waals surface area contributed by atoms with Crippen LogP contribution < -0.4 is 10.5 Å². The summed E-state index contributed by atoms with van der Waals surface area (Å²) < 4.78 is 0. The van der Waals surface area contributed by atoms with Crippen LogP contribution in [0.2, 0.25) is 0 Å². The third-order valence-corrected chi connectivity index (χ3v) is 5.77. The molecule has 0 aliphatic carbocycles. The van der Waals surface area contributed by atoms with E-state index in [1.807, 2.05) is 13.0 Å². The van der Waals surface area contributed by atoms with E-state index in [2.05, 4.69) is 4.98 Å². The highest BCUT2D eigenvalue weighted by atomic mass is 32.2. The Bertz CT molecular complexity index is 1140. The Hall–Kier alpha value is -3.13. The van der Waals surface area contributed by atoms with Crippen LogP contribution in [0.5, 0.6) is 0 Å². The number of amides is 1. The number of anilines is 1. The molecular weight excluding hydrogens is 366 g/mol. The quantitative estimate of drug-likeness (QED) is 0.553. The van der Waals surface area contributed by atoms with Gasteiger partial charge in [0.1, 0.15) is 5.37 Å². The van der Waals surface area contributed by atoms with Crippen molar-refractivity contribution in [3.05, 3.63) is 80.1 Å². The number of nitro groups is 1. The highest BCUT2D eigenvalue weighted by Crippen LogP contribution is 2.44. The summed E-state index contributed by atoms with van der Waals surface area (Å²) in [6, 6.07) is 13.4. The number of pyridine rings is 1. The van der Waals surface area contributed by atoms with Crippen LogP contribution in [-0.2, 0) is 4.79 Å². The second-order valence-corrected chi connectivity index (χ2v) is 7.36. The fraction of sp³-hybridized carbons (Fsp3) is 0.158. The highest BCUT2D eigenvalue weighted by Gasteiger charge is 2.37. The Morgan fingerprint density at radius 2 is 1.96 bits per heavy atom. The third-order valence-electron chi connectivity index (χ3n) is 4.58. The summed E-state index contributed by atoms with van der Waals surface area (Å²) in [6.45, 7) is 1.85. The maximum absolute atomic E-state index is 12.6. The Balaban J connectivity index is 1.84. The van der Waals surface area contributed by atoms with Crippen molar-refractivity contribution in [1.29, 1.82) is 0 Å². The second kappa shape index (κ2) is 6.55. The van der Waals surface area contributed by atoms with E-state index in [-0.39, 0.29) is 22.9 Å². The lowest BCUT2D eigenvalue weighted by Gasteiger charge is -2.24. The number of para-hydroxylation sites is 1. The Morgan fingerprint density at radius 3 is 2.74 bits per heavy atom. The van der Waals surface area contributed by atoms with Gasteiger partial charge in [-0.3, -0.25) is 24.6 Å². The first-order chi connectivity index (χ1) is 13.0. The van der Waals surface area contributed by atoms with Crippen molar-refractivity contribution in [3.63, 3.8) is 0 Å². The smallest absolute Gasteiger partial charge is 0.275 e. The number of carbonyl (C=O) groups excluding carboxylic acids is 1. The topological polar surface area (TPSA) is 96.3 Å². The number of hydrogen-bond acceptors (Lipinski definition) is 5. The molecule has 0 radical (unpaired) electrons. The van der Waals surface area contributed by atoms with Crippen molar-refractivity contribution in [3.8, 4) is 0 Å². The SMILES string of the molecule is Cc1cc(=O)[nH]c2cc(N3C(=O)CSC3c3ccccc3[N+](=O)[O-])ccc12. The van der Waals surface area contributed by atoms with Crippen LogP contribution >= 0.6 is 11.8 Å². The fourth-order valence-electron chi connectivity index (χ4n) is 3.37. The number of aryl methyl sites for hydroxylation is 1. The van der Waals surface area contributed by atoms with E-state index in [1.165, 1.54) is 23.9 Å². The fourth-order valence-corrected chi connectivity index (χ4v) is 4.58. The van der Waals surface area contributed by atoms with E-state index >= 15 is 0 Å². The Kier molecular flexibility index (Phi) is 4.19. The maximum atomic E-state index is 12.6. The molecule has 27 heavy (non-hydrogen) atoms. The highest BCUT2D eigenvalue weighted by molar-refractivity contribution is 8.00. The summed E-state index contributed by atoms with van der Waals surface area (Å²) in [7, 11) is 0. The van der Waals surface area contributed by atoms with Gasteiger partial charge in [-0.2, -0.15) is 0 Å². The van der Waals surface area contributed by atoms with Crippen LogP contribution in [0, 0.1) is 17.0 Å². The van der Waals surface area contributed by atoms with E-state index in [4.69, 9.17) is 0 Å². The number of aromatic amines is 1. The molecule has 1 atom stereocenters. The number of hydrogen-bond donors (Lipinski definition) is 1. The molecular formula is C19H15N3O4S. The van der Waals surface area contributed by atoms with Crippen molar-refractivity contribution in [2.24, 2.45) is 0 Å². The van der Waals surface area contributed by atoms with Crippen molar-refractivity contribution >= 4 is 39.9 Å². The van der Waals surface area contributed by atoms with Crippen LogP contribution in [-0.4, -0.2) is 21.6 Å². The van der Waals surface area contributed by atoms with E-state index in [1.54, 1.807) is 35.2 Å². The first-order valence-electron chi connectivity index (χ1n) is 8.26. The largest absolute Gasteiger partial charge is 0.322 e. The van der Waals surface area contributed by atoms with Gasteiger partial charge in [0.15, 0.2) is 0 Å². The van der Waals surface area contributed by atoms with E-state index in [0.717, 1.165) is 10.9 Å². The average molecular weight is 381 g/mol. The number of nitrogens with one attached hydrogen (secondary N) is 1. The molecule has 2 heterocycles. The molecule has 7 nitrogen and oxygen atoms in total. The number of benzene rings is 2. The van der Waals surface area contributed by atoms with E-state index < -0.39 is 10.3 Å². The molecule has 1 amide bonds. The number of rotatable bonds is 3. The average Bonchev–Trinajstić information content (AvgIpc) is 3.02. The molecule has 2 aromatic carbocycles. The predicted octanol–water partition coefficient (Wildman–Crippen LogP) is 3.52. The lowest BCUT2D eigenvalue weighted by Crippen LogP contribution is -2.28. The van der Waals surface area contributed by atoms with Gasteiger partial charge in [-0.1, -0.05) is 18.2 Å². The molecule has 8 heteroatoms. The summed E-state index contributed by atoms with van der Waals surface area (Å²) in [5, 5.41) is 11.8. The zero-order valence-electron chi connectivity index (χ0n) is 14.3. The van der Waals surface area contributed by atoms with Gasteiger partial charge in [-0.05, 0) is 30.7 Å². The summed E-state index contributed by atoms with van der Waals surface area (Å²) in [5.41, 5.74) is 2.33. The molecule has 1 aromatic heterocycles. The van der Waals surface area contributed by atoms with Crippen LogP contribution in [0.1, 0.15) is 16.5 Å². The first kappa shape index (κ1) is 17.3. The summed E-state index contributed by atoms with van der Waals surface area (Å²) in [5.74, 6) is 0.108. The van der Waals surface area contributed by atoms with Crippen molar-refractivity contribution in [1.82, 2.24) is 4.98 Å². The molecule has 3 aromatic rings. The Morgan fingerprint density at radius 1 is 1.19 bits per heavy atom. The predicted molar refractivity (Wildman–Crippen MR) is 105 cm³/mol. The molecule has 1 aliphatic rings. The minimum atomic E-state index is -0.493. The molecule has 136 valence electrons. The number of nitro benzene ring substituents is 1. The molecule has 1 fully saturated rings. The second-order valence-electron chi connectivity index (χ2n) is 6.29. The number of aromatic nitrogens is 1. The number of fused-ring (bicyclic) bond motifs is 1. The summed E-state index contributed by atoms with van der Waals surface area (Å²) >= 11 is 1.35. The molecule has 0 bridgehead atoms.